The first-order chi connectivity index (χ1) is 15.5. The highest BCUT2D eigenvalue weighted by molar-refractivity contribution is 5.87. The van der Waals surface area contributed by atoms with E-state index in [1.165, 1.54) is 30.3 Å². The van der Waals surface area contributed by atoms with E-state index in [1.54, 1.807) is 31.4 Å². The molecule has 0 atom stereocenters. The minimum Gasteiger partial charge on any atom is -0.493 e. The number of carbonyl (C=O) groups is 1. The molecular weight excluding hydrogens is 417 g/mol. The summed E-state index contributed by atoms with van der Waals surface area (Å²) in [5.74, 6) is 1.45. The fourth-order valence-electron chi connectivity index (χ4n) is 2.81. The number of hydrogen-bond donors (Lipinski definition) is 0. The molecule has 0 unspecified atom stereocenters. The zero-order valence-electron chi connectivity index (χ0n) is 18.1. The van der Waals surface area contributed by atoms with E-state index in [4.69, 9.17) is 23.5 Å². The zero-order chi connectivity index (χ0) is 22.9. The molecule has 0 saturated carbocycles. The molecule has 0 N–H and O–H groups in total. The molecular formula is C24H24FNO6. The van der Waals surface area contributed by atoms with Crippen molar-refractivity contribution in [1.29, 1.82) is 0 Å². The van der Waals surface area contributed by atoms with Crippen LogP contribution < -0.4 is 14.2 Å². The number of rotatable bonds is 10. The predicted molar refractivity (Wildman–Crippen MR) is 115 cm³/mol. The van der Waals surface area contributed by atoms with Gasteiger partial charge in [0, 0.05) is 6.08 Å². The Hall–Kier alpha value is -3.81. The van der Waals surface area contributed by atoms with Crippen molar-refractivity contribution in [2.24, 2.45) is 0 Å². The van der Waals surface area contributed by atoms with Crippen LogP contribution in [0.5, 0.6) is 17.2 Å². The van der Waals surface area contributed by atoms with Gasteiger partial charge in [0.05, 0.1) is 18.4 Å². The van der Waals surface area contributed by atoms with Crippen molar-refractivity contribution in [2.45, 2.75) is 20.5 Å². The van der Waals surface area contributed by atoms with E-state index in [0.29, 0.717) is 29.6 Å². The highest BCUT2D eigenvalue weighted by Gasteiger charge is 2.12. The lowest BCUT2D eigenvalue weighted by atomic mass is 10.2. The van der Waals surface area contributed by atoms with Crippen LogP contribution in [0.25, 0.3) is 6.08 Å². The number of methoxy groups -OCH3 is 1. The molecule has 0 fully saturated rings. The van der Waals surface area contributed by atoms with Gasteiger partial charge < -0.3 is 23.5 Å². The smallest absolute Gasteiger partial charge is 0.330 e. The van der Waals surface area contributed by atoms with Crippen molar-refractivity contribution in [2.75, 3.05) is 20.3 Å². The van der Waals surface area contributed by atoms with Crippen molar-refractivity contribution in [3.63, 3.8) is 0 Å². The fraction of sp³-hybridized carbons (Fsp3) is 0.250. The highest BCUT2D eigenvalue weighted by Crippen LogP contribution is 2.30. The minimum atomic E-state index is -0.509. The third kappa shape index (κ3) is 6.34. The van der Waals surface area contributed by atoms with Crippen LogP contribution in [0, 0.1) is 19.7 Å². The monoisotopic (exact) mass is 441 g/mol. The molecule has 3 aromatic rings. The third-order valence-electron chi connectivity index (χ3n) is 4.56. The van der Waals surface area contributed by atoms with Gasteiger partial charge in [0.15, 0.2) is 11.5 Å². The molecule has 0 aliphatic heterocycles. The van der Waals surface area contributed by atoms with Crippen LogP contribution >= 0.6 is 0 Å². The first-order valence-corrected chi connectivity index (χ1v) is 9.92. The molecule has 2 aromatic carbocycles. The summed E-state index contributed by atoms with van der Waals surface area (Å²) in [5.41, 5.74) is 2.41. The first-order valence-electron chi connectivity index (χ1n) is 9.92. The van der Waals surface area contributed by atoms with Gasteiger partial charge in [-0.05, 0) is 61.9 Å². The standard InChI is InChI=1S/C24H24FNO6/c1-16-21(17(2)32-26-16)15-31-22-10-4-18(14-23(22)28-3)5-11-24(27)30-13-12-29-20-8-6-19(25)7-9-20/h4-11,14H,12-13,15H2,1-3H3/b11-5+. The molecule has 0 aliphatic carbocycles. The molecule has 1 aromatic heterocycles. The molecule has 1 heterocycles. The average Bonchev–Trinajstić information content (AvgIpc) is 3.12. The van der Waals surface area contributed by atoms with Crippen LogP contribution in [-0.4, -0.2) is 31.4 Å². The average molecular weight is 441 g/mol. The number of carbonyl (C=O) groups excluding carboxylic acids is 1. The van der Waals surface area contributed by atoms with E-state index in [1.807, 2.05) is 13.8 Å². The van der Waals surface area contributed by atoms with Gasteiger partial charge in [-0.1, -0.05) is 11.2 Å². The SMILES string of the molecule is COc1cc(/C=C/C(=O)OCCOc2ccc(F)cc2)ccc1OCc1c(C)noc1C. The molecule has 0 saturated heterocycles. The Morgan fingerprint density at radius 2 is 1.84 bits per heavy atom. The summed E-state index contributed by atoms with van der Waals surface area (Å²) >= 11 is 0. The lowest BCUT2D eigenvalue weighted by molar-refractivity contribution is -0.138. The number of aryl methyl sites for hydroxylation is 2. The Labute approximate surface area is 185 Å². The molecule has 0 amide bonds. The number of halogens is 1. The van der Waals surface area contributed by atoms with Gasteiger partial charge in [0.1, 0.15) is 37.1 Å². The van der Waals surface area contributed by atoms with Crippen LogP contribution in [0.2, 0.25) is 0 Å². The minimum absolute atomic E-state index is 0.0678. The van der Waals surface area contributed by atoms with E-state index < -0.39 is 5.97 Å². The Morgan fingerprint density at radius 3 is 2.53 bits per heavy atom. The normalized spacial score (nSPS) is 10.9. The van der Waals surface area contributed by atoms with Crippen LogP contribution in [0.15, 0.2) is 53.1 Å². The van der Waals surface area contributed by atoms with E-state index >= 15 is 0 Å². The Bertz CT molecular complexity index is 1060. The van der Waals surface area contributed by atoms with Gasteiger partial charge in [-0.25, -0.2) is 9.18 Å². The van der Waals surface area contributed by atoms with Crippen molar-refractivity contribution in [3.05, 3.63) is 76.9 Å². The summed E-state index contributed by atoms with van der Waals surface area (Å²) in [5, 5.41) is 3.91. The number of esters is 1. The van der Waals surface area contributed by atoms with Crippen molar-refractivity contribution < 1.29 is 32.7 Å². The molecule has 3 rings (SSSR count). The number of aromatic nitrogens is 1. The number of ether oxygens (including phenoxy) is 4. The maximum atomic E-state index is 12.8. The lowest BCUT2D eigenvalue weighted by Gasteiger charge is -2.11. The molecule has 0 spiro atoms. The largest absolute Gasteiger partial charge is 0.493 e. The van der Waals surface area contributed by atoms with E-state index in [2.05, 4.69) is 5.16 Å². The zero-order valence-corrected chi connectivity index (χ0v) is 18.1. The summed E-state index contributed by atoms with van der Waals surface area (Å²) in [6, 6.07) is 10.9. The molecule has 0 radical (unpaired) electrons. The summed E-state index contributed by atoms with van der Waals surface area (Å²) in [6.45, 7) is 4.22. The second-order valence-electron chi connectivity index (χ2n) is 6.80. The molecule has 8 heteroatoms. The van der Waals surface area contributed by atoms with Crippen LogP contribution in [-0.2, 0) is 16.1 Å². The number of hydrogen-bond acceptors (Lipinski definition) is 7. The second-order valence-corrected chi connectivity index (χ2v) is 6.80. The predicted octanol–water partition coefficient (Wildman–Crippen LogP) is 4.65. The number of benzene rings is 2. The summed E-state index contributed by atoms with van der Waals surface area (Å²) < 4.78 is 39.7. The summed E-state index contributed by atoms with van der Waals surface area (Å²) in [6.07, 6.45) is 2.93. The first kappa shape index (κ1) is 22.9. The fourth-order valence-corrected chi connectivity index (χ4v) is 2.81. The van der Waals surface area contributed by atoms with Crippen molar-refractivity contribution >= 4 is 12.0 Å². The number of nitrogens with zero attached hydrogens (tertiary/aromatic N) is 1. The summed E-state index contributed by atoms with van der Waals surface area (Å²) in [4.78, 5) is 11.9. The third-order valence-corrected chi connectivity index (χ3v) is 4.56. The Kier molecular flexibility index (Phi) is 7.85. The molecule has 7 nitrogen and oxygen atoms in total. The van der Waals surface area contributed by atoms with E-state index in [9.17, 15) is 9.18 Å². The van der Waals surface area contributed by atoms with Crippen LogP contribution in [0.4, 0.5) is 4.39 Å². The second kappa shape index (κ2) is 11.0. The summed E-state index contributed by atoms with van der Waals surface area (Å²) in [7, 11) is 1.54. The molecule has 0 bridgehead atoms. The Balaban J connectivity index is 1.49. The van der Waals surface area contributed by atoms with Gasteiger partial charge in [0.2, 0.25) is 0 Å². The van der Waals surface area contributed by atoms with Gasteiger partial charge >= 0.3 is 5.97 Å². The molecule has 168 valence electrons. The van der Waals surface area contributed by atoms with Crippen molar-refractivity contribution in [1.82, 2.24) is 5.16 Å². The van der Waals surface area contributed by atoms with E-state index in [0.717, 1.165) is 16.8 Å². The van der Waals surface area contributed by atoms with Gasteiger partial charge in [-0.15, -0.1) is 0 Å². The molecule has 32 heavy (non-hydrogen) atoms. The lowest BCUT2D eigenvalue weighted by Crippen LogP contribution is -2.10. The Morgan fingerprint density at radius 1 is 1.06 bits per heavy atom. The van der Waals surface area contributed by atoms with Crippen LogP contribution in [0.3, 0.4) is 0 Å². The quantitative estimate of drug-likeness (QED) is 0.257. The van der Waals surface area contributed by atoms with Gasteiger partial charge in [-0.3, -0.25) is 0 Å². The van der Waals surface area contributed by atoms with Crippen molar-refractivity contribution in [3.8, 4) is 17.2 Å². The van der Waals surface area contributed by atoms with Crippen LogP contribution in [0.1, 0.15) is 22.6 Å². The highest BCUT2D eigenvalue weighted by atomic mass is 19.1. The van der Waals surface area contributed by atoms with Gasteiger partial charge in [0.25, 0.3) is 0 Å². The topological polar surface area (TPSA) is 80.0 Å². The molecule has 0 aliphatic rings. The van der Waals surface area contributed by atoms with E-state index in [-0.39, 0.29) is 19.0 Å². The maximum absolute atomic E-state index is 12.8. The maximum Gasteiger partial charge on any atom is 0.330 e. The van der Waals surface area contributed by atoms with Gasteiger partial charge in [-0.2, -0.15) is 0 Å².